The Morgan fingerprint density at radius 1 is 1.11 bits per heavy atom. The number of benzene rings is 2. The van der Waals surface area contributed by atoms with Gasteiger partial charge in [0.15, 0.2) is 5.60 Å². The summed E-state index contributed by atoms with van der Waals surface area (Å²) in [5.41, 5.74) is 0.473. The van der Waals surface area contributed by atoms with Crippen LogP contribution in [-0.4, -0.2) is 20.1 Å². The Balaban J connectivity index is 2.09. The summed E-state index contributed by atoms with van der Waals surface area (Å²) < 4.78 is 53.6. The lowest BCUT2D eigenvalue weighted by molar-refractivity contribution is -0.125. The Labute approximate surface area is 158 Å². The van der Waals surface area contributed by atoms with Crippen LogP contribution in [0.4, 0.5) is 8.78 Å². The van der Waals surface area contributed by atoms with Crippen molar-refractivity contribution in [3.63, 3.8) is 0 Å². The predicted octanol–water partition coefficient (Wildman–Crippen LogP) is 4.25. The van der Waals surface area contributed by atoms with Crippen LogP contribution in [-0.2, 0) is 26.4 Å². The first-order chi connectivity index (χ1) is 12.7. The second kappa shape index (κ2) is 7.32. The van der Waals surface area contributed by atoms with Crippen molar-refractivity contribution < 1.29 is 27.1 Å². The van der Waals surface area contributed by atoms with Gasteiger partial charge in [-0.15, -0.1) is 0 Å². The highest BCUT2D eigenvalue weighted by atomic mass is 32.2. The quantitative estimate of drug-likeness (QED) is 0.715. The zero-order valence-electron chi connectivity index (χ0n) is 14.7. The van der Waals surface area contributed by atoms with E-state index in [9.17, 15) is 22.3 Å². The summed E-state index contributed by atoms with van der Waals surface area (Å²) >= 11 is -2.21. The number of hydrogen-bond acceptors (Lipinski definition) is 4. The van der Waals surface area contributed by atoms with E-state index in [1.165, 1.54) is 18.2 Å². The lowest BCUT2D eigenvalue weighted by atomic mass is 9.92. The Kier molecular flexibility index (Phi) is 5.26. The van der Waals surface area contributed by atoms with Crippen molar-refractivity contribution in [3.05, 3.63) is 70.8 Å². The van der Waals surface area contributed by atoms with Gasteiger partial charge in [-0.25, -0.2) is 8.78 Å². The van der Waals surface area contributed by atoms with Gasteiger partial charge in [-0.2, -0.15) is 0 Å². The molecule has 0 saturated carbocycles. The van der Waals surface area contributed by atoms with Crippen LogP contribution in [0.5, 0.6) is 0 Å². The van der Waals surface area contributed by atoms with E-state index in [-0.39, 0.29) is 22.7 Å². The van der Waals surface area contributed by atoms with Crippen LogP contribution in [0, 0.1) is 0 Å². The third-order valence-corrected chi connectivity index (χ3v) is 4.86. The number of alkyl halides is 2. The van der Waals surface area contributed by atoms with Gasteiger partial charge in [0.25, 0.3) is 6.43 Å². The van der Waals surface area contributed by atoms with Crippen LogP contribution in [0.3, 0.4) is 0 Å². The second-order valence-corrected chi connectivity index (χ2v) is 7.61. The van der Waals surface area contributed by atoms with Gasteiger partial charge >= 0.3 is 0 Å². The summed E-state index contributed by atoms with van der Waals surface area (Å²) in [6.07, 6.45) is -2.65. The summed E-state index contributed by atoms with van der Waals surface area (Å²) in [4.78, 5) is 12.9. The molecule has 1 atom stereocenters. The van der Waals surface area contributed by atoms with Gasteiger partial charge in [0, 0.05) is 16.9 Å². The summed E-state index contributed by atoms with van der Waals surface area (Å²) in [6.45, 7) is 3.24. The van der Waals surface area contributed by atoms with Crippen LogP contribution in [0.15, 0.2) is 48.5 Å². The zero-order valence-corrected chi connectivity index (χ0v) is 15.5. The highest BCUT2D eigenvalue weighted by molar-refractivity contribution is 7.78. The molecule has 0 amide bonds. The molecule has 3 rings (SSSR count). The van der Waals surface area contributed by atoms with Gasteiger partial charge in [-0.1, -0.05) is 53.5 Å². The van der Waals surface area contributed by atoms with Gasteiger partial charge in [0.2, 0.25) is 5.78 Å². The van der Waals surface area contributed by atoms with Crippen molar-refractivity contribution in [2.45, 2.75) is 31.6 Å². The van der Waals surface area contributed by atoms with Crippen molar-refractivity contribution in [2.24, 2.45) is 0 Å². The number of rotatable bonds is 5. The van der Waals surface area contributed by atoms with E-state index in [1.807, 2.05) is 0 Å². The maximum Gasteiger partial charge on any atom is 0.263 e. The molecule has 0 fully saturated rings. The van der Waals surface area contributed by atoms with E-state index in [2.05, 4.69) is 0 Å². The molecule has 0 radical (unpaired) electrons. The van der Waals surface area contributed by atoms with E-state index < -0.39 is 23.1 Å². The van der Waals surface area contributed by atoms with Crippen molar-refractivity contribution in [3.8, 4) is 0 Å². The van der Waals surface area contributed by atoms with E-state index in [4.69, 9.17) is 4.74 Å². The molecule has 1 aliphatic rings. The van der Waals surface area contributed by atoms with Gasteiger partial charge in [0.1, 0.15) is 5.76 Å². The molecular weight excluding hydrogens is 374 g/mol. The average Bonchev–Trinajstić information content (AvgIpc) is 2.85. The average molecular weight is 391 g/mol. The maximum atomic E-state index is 13.1. The Morgan fingerprint density at radius 3 is 2.37 bits per heavy atom. The summed E-state index contributed by atoms with van der Waals surface area (Å²) in [5.74, 6) is -0.117. The lowest BCUT2D eigenvalue weighted by Crippen LogP contribution is -2.29. The Morgan fingerprint density at radius 2 is 1.78 bits per heavy atom. The molecule has 7 heteroatoms. The SMILES string of the molecule is CC1(C)OC(c2ccc(CS(=O)[O-])cc2)=C(c2cccc(C(F)F)c2)C1=O. The fraction of sp³-hybridized carbons (Fsp3) is 0.250. The van der Waals surface area contributed by atoms with Gasteiger partial charge in [-0.3, -0.25) is 9.00 Å². The van der Waals surface area contributed by atoms with E-state index in [1.54, 1.807) is 44.2 Å². The number of carbonyl (C=O) groups excluding carboxylic acids is 1. The number of Topliss-reactive ketones (excluding diaryl/α,β-unsaturated/α-hetero) is 1. The molecule has 0 bridgehead atoms. The molecule has 142 valence electrons. The second-order valence-electron chi connectivity index (χ2n) is 6.72. The van der Waals surface area contributed by atoms with Crippen molar-refractivity contribution in [1.82, 2.24) is 0 Å². The molecule has 0 saturated heterocycles. The summed E-state index contributed by atoms with van der Waals surface area (Å²) in [6, 6.07) is 12.2. The van der Waals surface area contributed by atoms with Gasteiger partial charge in [-0.05, 0) is 31.0 Å². The van der Waals surface area contributed by atoms with Crippen molar-refractivity contribution in [2.75, 3.05) is 0 Å². The first-order valence-electron chi connectivity index (χ1n) is 8.21. The first-order valence-corrected chi connectivity index (χ1v) is 9.45. The Bertz CT molecular complexity index is 933. The van der Waals surface area contributed by atoms with E-state index >= 15 is 0 Å². The number of carbonyl (C=O) groups is 1. The molecule has 1 aliphatic heterocycles. The monoisotopic (exact) mass is 391 g/mol. The number of hydrogen-bond donors (Lipinski definition) is 0. The molecule has 0 spiro atoms. The molecular formula is C20H17F2O4S-. The highest BCUT2D eigenvalue weighted by Gasteiger charge is 2.42. The molecule has 1 unspecified atom stereocenters. The molecule has 27 heavy (non-hydrogen) atoms. The van der Waals surface area contributed by atoms with Gasteiger partial charge < -0.3 is 9.29 Å². The van der Waals surface area contributed by atoms with Crippen LogP contribution >= 0.6 is 0 Å². The zero-order chi connectivity index (χ0) is 19.8. The van der Waals surface area contributed by atoms with Crippen LogP contribution in [0.25, 0.3) is 11.3 Å². The van der Waals surface area contributed by atoms with Crippen LogP contribution in [0.1, 0.15) is 42.5 Å². The smallest absolute Gasteiger partial charge is 0.263 e. The van der Waals surface area contributed by atoms with Crippen molar-refractivity contribution >= 4 is 28.2 Å². The fourth-order valence-electron chi connectivity index (χ4n) is 2.94. The van der Waals surface area contributed by atoms with E-state index in [0.717, 1.165) is 0 Å². The number of ether oxygens (including phenoxy) is 1. The van der Waals surface area contributed by atoms with Crippen molar-refractivity contribution in [1.29, 1.82) is 0 Å². The van der Waals surface area contributed by atoms with Gasteiger partial charge in [0.05, 0.1) is 5.57 Å². The van der Waals surface area contributed by atoms with E-state index in [0.29, 0.717) is 22.4 Å². The molecule has 2 aromatic carbocycles. The molecule has 0 aliphatic carbocycles. The molecule has 0 N–H and O–H groups in total. The maximum absolute atomic E-state index is 13.1. The predicted molar refractivity (Wildman–Crippen MR) is 97.4 cm³/mol. The minimum Gasteiger partial charge on any atom is -0.772 e. The normalized spacial score (nSPS) is 17.3. The lowest BCUT2D eigenvalue weighted by Gasteiger charge is -2.18. The molecule has 2 aromatic rings. The molecule has 1 heterocycles. The third kappa shape index (κ3) is 3.99. The molecule has 0 aromatic heterocycles. The molecule has 4 nitrogen and oxygen atoms in total. The summed E-state index contributed by atoms with van der Waals surface area (Å²) in [7, 11) is 0. The summed E-state index contributed by atoms with van der Waals surface area (Å²) in [5, 5.41) is 0. The Hall–Kier alpha value is -2.38. The minimum absolute atomic E-state index is 0.117. The highest BCUT2D eigenvalue weighted by Crippen LogP contribution is 2.41. The topological polar surface area (TPSA) is 66.4 Å². The largest absolute Gasteiger partial charge is 0.772 e. The number of ketones is 1. The van der Waals surface area contributed by atoms with Crippen LogP contribution in [0.2, 0.25) is 0 Å². The minimum atomic E-state index is -2.65. The number of halogens is 2. The standard InChI is InChI=1S/C20H18F2O4S/c1-20(2)18(23)16(14-4-3-5-15(10-14)19(21)22)17(26-20)13-8-6-12(7-9-13)11-27(24)25/h3-10,19H,11H2,1-2H3,(H,24,25)/p-1. The third-order valence-electron chi connectivity index (χ3n) is 4.29. The first kappa shape index (κ1) is 19.4. The fourth-order valence-corrected chi connectivity index (χ4v) is 3.41. The van der Waals surface area contributed by atoms with Crippen LogP contribution < -0.4 is 0 Å².